The zero-order valence-corrected chi connectivity index (χ0v) is 19.0. The van der Waals surface area contributed by atoms with Crippen LogP contribution in [0.1, 0.15) is 53.4 Å². The highest BCUT2D eigenvalue weighted by Gasteiger charge is 1.93. The van der Waals surface area contributed by atoms with Crippen LogP contribution >= 0.6 is 0 Å². The predicted octanol–water partition coefficient (Wildman–Crippen LogP) is 2.72. The molecule has 6 N–H and O–H groups in total. The normalized spacial score (nSPS) is 12.5. The summed E-state index contributed by atoms with van der Waals surface area (Å²) >= 11 is 0. The van der Waals surface area contributed by atoms with Crippen LogP contribution in [0.2, 0.25) is 0 Å². The summed E-state index contributed by atoms with van der Waals surface area (Å²) < 4.78 is 0. The van der Waals surface area contributed by atoms with E-state index in [2.05, 4.69) is 67.2 Å². The second-order valence-electron chi connectivity index (χ2n) is 7.70. The van der Waals surface area contributed by atoms with E-state index in [0.29, 0.717) is 6.54 Å². The van der Waals surface area contributed by atoms with Crippen molar-refractivity contribution in [3.8, 4) is 0 Å². The first kappa shape index (κ1) is 27.0. The van der Waals surface area contributed by atoms with E-state index in [-0.39, 0.29) is 0 Å². The average molecular weight is 394 g/mol. The molecule has 0 saturated heterocycles. The minimum atomic E-state index is 0.705. The molecule has 28 heavy (non-hydrogen) atoms. The molecule has 0 amide bonds. The number of rotatable bonds is 19. The van der Waals surface area contributed by atoms with Gasteiger partial charge in [0, 0.05) is 58.9 Å². The van der Waals surface area contributed by atoms with Gasteiger partial charge in [-0.15, -0.1) is 0 Å². The van der Waals surface area contributed by atoms with Crippen LogP contribution in [0.15, 0.2) is 34.9 Å². The van der Waals surface area contributed by atoms with Crippen LogP contribution in [0.4, 0.5) is 0 Å². The van der Waals surface area contributed by atoms with E-state index in [9.17, 15) is 0 Å². The Balaban J connectivity index is 3.48. The van der Waals surface area contributed by atoms with Crippen LogP contribution in [-0.2, 0) is 0 Å². The lowest BCUT2D eigenvalue weighted by atomic mass is 10.1. The zero-order valence-electron chi connectivity index (χ0n) is 19.0. The summed E-state index contributed by atoms with van der Waals surface area (Å²) in [6.45, 7) is 17.4. The number of nitrogens with two attached hydrogens (primary N) is 1. The topological polar surface area (TPSA) is 74.1 Å². The van der Waals surface area contributed by atoms with Crippen LogP contribution in [0, 0.1) is 0 Å². The van der Waals surface area contributed by atoms with Crippen LogP contribution in [0.3, 0.4) is 0 Å². The first-order valence-corrected chi connectivity index (χ1v) is 11.0. The van der Waals surface area contributed by atoms with Gasteiger partial charge in [-0.3, -0.25) is 0 Å². The molecule has 0 aliphatic heterocycles. The first-order valence-electron chi connectivity index (χ1n) is 11.0. The quantitative estimate of drug-likeness (QED) is 0.172. The molecule has 0 unspecified atom stereocenters. The predicted molar refractivity (Wildman–Crippen MR) is 126 cm³/mol. The number of nitrogens with one attached hydrogen (secondary N) is 4. The fourth-order valence-corrected chi connectivity index (χ4v) is 2.69. The largest absolute Gasteiger partial charge is 0.329 e. The smallest absolute Gasteiger partial charge is 0.0137 e. The highest BCUT2D eigenvalue weighted by Crippen LogP contribution is 2.11. The Morgan fingerprint density at radius 2 is 1.07 bits per heavy atom. The van der Waals surface area contributed by atoms with Gasteiger partial charge in [0.2, 0.25) is 0 Å². The molecule has 164 valence electrons. The van der Waals surface area contributed by atoms with E-state index in [0.717, 1.165) is 65.2 Å². The van der Waals surface area contributed by atoms with Crippen molar-refractivity contribution in [1.29, 1.82) is 0 Å². The summed E-state index contributed by atoms with van der Waals surface area (Å²) in [5.41, 5.74) is 9.82. The summed E-state index contributed by atoms with van der Waals surface area (Å²) in [6.07, 6.45) is 11.7. The minimum Gasteiger partial charge on any atom is -0.329 e. The zero-order chi connectivity index (χ0) is 20.9. The lowest BCUT2D eigenvalue weighted by Gasteiger charge is -2.08. The van der Waals surface area contributed by atoms with E-state index in [4.69, 9.17) is 5.73 Å². The SMILES string of the molecule is CC(C)=CCCC(C)=CCCC(C)=CCNCCNCCNCCNCCN. The Kier molecular flexibility index (Phi) is 20.0. The van der Waals surface area contributed by atoms with Gasteiger partial charge in [-0.25, -0.2) is 0 Å². The monoisotopic (exact) mass is 393 g/mol. The molecule has 0 aliphatic rings. The molecule has 0 heterocycles. The van der Waals surface area contributed by atoms with Gasteiger partial charge in [-0.05, 0) is 53.4 Å². The van der Waals surface area contributed by atoms with Gasteiger partial charge in [0.05, 0.1) is 0 Å². The van der Waals surface area contributed by atoms with Crippen molar-refractivity contribution in [2.45, 2.75) is 53.4 Å². The maximum Gasteiger partial charge on any atom is 0.0137 e. The van der Waals surface area contributed by atoms with Gasteiger partial charge in [0.15, 0.2) is 0 Å². The molecule has 0 aromatic heterocycles. The summed E-state index contributed by atoms with van der Waals surface area (Å²) in [5, 5.41) is 13.6. The standard InChI is InChI=1S/C23H47N5/c1-21(2)7-5-8-22(3)9-6-10-23(4)11-13-25-15-17-27-19-20-28-18-16-26-14-12-24/h7,9,11,25-28H,5-6,8,10,12-20,24H2,1-4H3. The molecular formula is C23H47N5. The third-order valence-electron chi connectivity index (χ3n) is 4.47. The molecule has 0 radical (unpaired) electrons. The molecule has 0 aromatic carbocycles. The molecule has 0 aliphatic carbocycles. The molecule has 0 bridgehead atoms. The Morgan fingerprint density at radius 1 is 0.607 bits per heavy atom. The van der Waals surface area contributed by atoms with Gasteiger partial charge >= 0.3 is 0 Å². The maximum absolute atomic E-state index is 5.42. The highest BCUT2D eigenvalue weighted by atomic mass is 15.0. The summed E-state index contributed by atoms with van der Waals surface area (Å²) in [5.74, 6) is 0. The Labute approximate surface area is 174 Å². The molecule has 0 aromatic rings. The van der Waals surface area contributed by atoms with E-state index in [1.165, 1.54) is 29.6 Å². The Bertz CT molecular complexity index is 436. The molecule has 0 spiro atoms. The lowest BCUT2D eigenvalue weighted by molar-refractivity contribution is 0.574. The maximum atomic E-state index is 5.42. The van der Waals surface area contributed by atoms with Gasteiger partial charge in [0.1, 0.15) is 0 Å². The van der Waals surface area contributed by atoms with Crippen LogP contribution in [0.25, 0.3) is 0 Å². The fraction of sp³-hybridized carbons (Fsp3) is 0.739. The van der Waals surface area contributed by atoms with Crippen molar-refractivity contribution in [1.82, 2.24) is 21.3 Å². The van der Waals surface area contributed by atoms with Crippen LogP contribution in [-0.4, -0.2) is 58.9 Å². The first-order chi connectivity index (χ1) is 13.6. The van der Waals surface area contributed by atoms with Crippen molar-refractivity contribution in [3.63, 3.8) is 0 Å². The number of hydrogen-bond donors (Lipinski definition) is 5. The molecule has 0 fully saturated rings. The molecule has 5 heteroatoms. The van der Waals surface area contributed by atoms with Gasteiger partial charge in [0.25, 0.3) is 0 Å². The van der Waals surface area contributed by atoms with Gasteiger partial charge in [-0.2, -0.15) is 0 Å². The van der Waals surface area contributed by atoms with E-state index < -0.39 is 0 Å². The van der Waals surface area contributed by atoms with E-state index in [1.807, 2.05) is 0 Å². The summed E-state index contributed by atoms with van der Waals surface area (Å²) in [4.78, 5) is 0. The van der Waals surface area contributed by atoms with Crippen molar-refractivity contribution in [3.05, 3.63) is 34.9 Å². The Morgan fingerprint density at radius 3 is 1.61 bits per heavy atom. The second kappa shape index (κ2) is 20.7. The Hall–Kier alpha value is -0.980. The molecule has 0 atom stereocenters. The number of allylic oxidation sites excluding steroid dienone is 5. The van der Waals surface area contributed by atoms with E-state index in [1.54, 1.807) is 0 Å². The number of hydrogen-bond acceptors (Lipinski definition) is 5. The second-order valence-corrected chi connectivity index (χ2v) is 7.70. The van der Waals surface area contributed by atoms with E-state index >= 15 is 0 Å². The van der Waals surface area contributed by atoms with Gasteiger partial charge in [-0.1, -0.05) is 34.9 Å². The molecule has 0 rings (SSSR count). The van der Waals surface area contributed by atoms with Crippen LogP contribution < -0.4 is 27.0 Å². The molecule has 0 saturated carbocycles. The van der Waals surface area contributed by atoms with Crippen molar-refractivity contribution >= 4 is 0 Å². The van der Waals surface area contributed by atoms with Crippen molar-refractivity contribution in [2.24, 2.45) is 5.73 Å². The van der Waals surface area contributed by atoms with Crippen LogP contribution in [0.5, 0.6) is 0 Å². The average Bonchev–Trinajstić information content (AvgIpc) is 2.65. The summed E-state index contributed by atoms with van der Waals surface area (Å²) in [6, 6.07) is 0. The third kappa shape index (κ3) is 21.3. The third-order valence-corrected chi connectivity index (χ3v) is 4.47. The van der Waals surface area contributed by atoms with Gasteiger partial charge < -0.3 is 27.0 Å². The highest BCUT2D eigenvalue weighted by molar-refractivity contribution is 5.05. The minimum absolute atomic E-state index is 0.705. The summed E-state index contributed by atoms with van der Waals surface area (Å²) in [7, 11) is 0. The molecule has 5 nitrogen and oxygen atoms in total. The lowest BCUT2D eigenvalue weighted by Crippen LogP contribution is -2.36. The van der Waals surface area contributed by atoms with Crippen molar-refractivity contribution in [2.75, 3.05) is 58.9 Å². The fourth-order valence-electron chi connectivity index (χ4n) is 2.69. The van der Waals surface area contributed by atoms with Crippen molar-refractivity contribution < 1.29 is 0 Å². The molecular weight excluding hydrogens is 346 g/mol.